The fraction of sp³-hybridized carbons (Fsp3) is 0.176. The van der Waals surface area contributed by atoms with E-state index in [2.05, 4.69) is 47.2 Å². The first kappa shape index (κ1) is 19.6. The van der Waals surface area contributed by atoms with Crippen LogP contribution in [0.3, 0.4) is 0 Å². The molecule has 0 amide bonds. The van der Waals surface area contributed by atoms with Crippen molar-refractivity contribution in [2.75, 3.05) is 11.1 Å². The van der Waals surface area contributed by atoms with Gasteiger partial charge in [0.2, 0.25) is 17.1 Å². The number of hydrogen-bond acceptors (Lipinski definition) is 10. The molecule has 12 heteroatoms. The van der Waals surface area contributed by atoms with E-state index < -0.39 is 0 Å². The molecule has 0 aliphatic rings. The van der Waals surface area contributed by atoms with Gasteiger partial charge in [-0.2, -0.15) is 15.0 Å². The van der Waals surface area contributed by atoms with E-state index in [0.717, 1.165) is 12.1 Å². The highest BCUT2D eigenvalue weighted by atomic mass is 35.5. The Labute approximate surface area is 179 Å². The standard InChI is InChI=1S/C17H16ClN9S2/c18-11-3-5-12(6-4-11)20-16-22-14(21-15(19)23-16)10-29-17-24-25-26-27(17)8-7-13-2-1-9-28-13/h1-6,9H,7-8,10H2,(H3,19,20,21,22,23). The summed E-state index contributed by atoms with van der Waals surface area (Å²) < 4.78 is 1.78. The second kappa shape index (κ2) is 9.16. The summed E-state index contributed by atoms with van der Waals surface area (Å²) >= 11 is 9.08. The summed E-state index contributed by atoms with van der Waals surface area (Å²) in [5.74, 6) is 1.50. The first-order valence-corrected chi connectivity index (χ1v) is 10.8. The highest BCUT2D eigenvalue weighted by Crippen LogP contribution is 2.21. The number of nitrogens with zero attached hydrogens (tertiary/aromatic N) is 7. The fourth-order valence-corrected chi connectivity index (χ4v) is 4.04. The predicted octanol–water partition coefficient (Wildman–Crippen LogP) is 3.43. The van der Waals surface area contributed by atoms with Crippen molar-refractivity contribution in [1.29, 1.82) is 0 Å². The molecule has 0 aliphatic heterocycles. The van der Waals surface area contributed by atoms with Crippen LogP contribution in [-0.4, -0.2) is 35.2 Å². The highest BCUT2D eigenvalue weighted by molar-refractivity contribution is 7.98. The maximum absolute atomic E-state index is 5.91. The van der Waals surface area contributed by atoms with E-state index in [1.807, 2.05) is 18.2 Å². The van der Waals surface area contributed by atoms with Gasteiger partial charge < -0.3 is 11.1 Å². The van der Waals surface area contributed by atoms with Gasteiger partial charge in [-0.25, -0.2) is 4.68 Å². The molecule has 9 nitrogen and oxygen atoms in total. The molecular weight excluding hydrogens is 430 g/mol. The number of thiophene rings is 1. The largest absolute Gasteiger partial charge is 0.368 e. The van der Waals surface area contributed by atoms with Crippen molar-refractivity contribution in [3.8, 4) is 0 Å². The first-order valence-electron chi connectivity index (χ1n) is 8.60. The van der Waals surface area contributed by atoms with Crippen molar-refractivity contribution in [2.45, 2.75) is 23.9 Å². The summed E-state index contributed by atoms with van der Waals surface area (Å²) in [5.41, 5.74) is 6.64. The zero-order chi connectivity index (χ0) is 20.1. The van der Waals surface area contributed by atoms with Crippen LogP contribution in [0, 0.1) is 0 Å². The average Bonchev–Trinajstić information content (AvgIpc) is 3.38. The lowest BCUT2D eigenvalue weighted by Gasteiger charge is -2.07. The van der Waals surface area contributed by atoms with Crippen molar-refractivity contribution >= 4 is 52.3 Å². The van der Waals surface area contributed by atoms with Gasteiger partial charge in [0, 0.05) is 22.0 Å². The Morgan fingerprint density at radius 2 is 2.00 bits per heavy atom. The third kappa shape index (κ3) is 5.40. The van der Waals surface area contributed by atoms with Crippen LogP contribution in [0.15, 0.2) is 46.9 Å². The molecule has 148 valence electrons. The molecule has 0 unspecified atom stereocenters. The van der Waals surface area contributed by atoms with Crippen molar-refractivity contribution in [3.05, 3.63) is 57.5 Å². The van der Waals surface area contributed by atoms with Gasteiger partial charge in [0.15, 0.2) is 0 Å². The number of rotatable bonds is 8. The minimum atomic E-state index is 0.143. The normalized spacial score (nSPS) is 10.9. The summed E-state index contributed by atoms with van der Waals surface area (Å²) in [6, 6.07) is 11.4. The van der Waals surface area contributed by atoms with Crippen LogP contribution < -0.4 is 11.1 Å². The quantitative estimate of drug-likeness (QED) is 0.393. The molecule has 0 spiro atoms. The van der Waals surface area contributed by atoms with E-state index in [4.69, 9.17) is 17.3 Å². The topological polar surface area (TPSA) is 120 Å². The Morgan fingerprint density at radius 3 is 2.79 bits per heavy atom. The first-order chi connectivity index (χ1) is 14.2. The Balaban J connectivity index is 1.40. The van der Waals surface area contributed by atoms with E-state index in [1.165, 1.54) is 16.6 Å². The van der Waals surface area contributed by atoms with Gasteiger partial charge in [-0.15, -0.1) is 16.4 Å². The molecule has 0 atom stereocenters. The number of thioether (sulfide) groups is 1. The maximum Gasteiger partial charge on any atom is 0.232 e. The lowest BCUT2D eigenvalue weighted by Crippen LogP contribution is -2.07. The third-order valence-electron chi connectivity index (χ3n) is 3.78. The predicted molar refractivity (Wildman–Crippen MR) is 114 cm³/mol. The van der Waals surface area contributed by atoms with Gasteiger partial charge >= 0.3 is 0 Å². The van der Waals surface area contributed by atoms with E-state index in [1.54, 1.807) is 28.2 Å². The van der Waals surface area contributed by atoms with E-state index in [-0.39, 0.29) is 5.95 Å². The number of anilines is 3. The van der Waals surface area contributed by atoms with Crippen molar-refractivity contribution in [1.82, 2.24) is 35.2 Å². The fourth-order valence-electron chi connectivity index (χ4n) is 2.46. The molecule has 3 heterocycles. The van der Waals surface area contributed by atoms with E-state index in [0.29, 0.717) is 34.2 Å². The zero-order valence-corrected chi connectivity index (χ0v) is 17.5. The molecule has 29 heavy (non-hydrogen) atoms. The van der Waals surface area contributed by atoms with Gasteiger partial charge in [0.1, 0.15) is 5.82 Å². The van der Waals surface area contributed by atoms with Crippen LogP contribution in [0.4, 0.5) is 17.6 Å². The van der Waals surface area contributed by atoms with Crippen molar-refractivity contribution < 1.29 is 0 Å². The molecule has 3 aromatic heterocycles. The molecule has 4 rings (SSSR count). The summed E-state index contributed by atoms with van der Waals surface area (Å²) in [7, 11) is 0. The van der Waals surface area contributed by atoms with E-state index in [9.17, 15) is 0 Å². The van der Waals surface area contributed by atoms with Crippen molar-refractivity contribution in [2.24, 2.45) is 0 Å². The smallest absolute Gasteiger partial charge is 0.232 e. The minimum Gasteiger partial charge on any atom is -0.368 e. The monoisotopic (exact) mass is 445 g/mol. The Kier molecular flexibility index (Phi) is 6.17. The summed E-state index contributed by atoms with van der Waals surface area (Å²) in [4.78, 5) is 14.0. The Hall–Kier alpha value is -2.76. The molecule has 0 bridgehead atoms. The lowest BCUT2D eigenvalue weighted by molar-refractivity contribution is 0.550. The molecule has 0 saturated carbocycles. The molecule has 4 aromatic rings. The van der Waals surface area contributed by atoms with Crippen LogP contribution in [0.2, 0.25) is 5.02 Å². The average molecular weight is 446 g/mol. The molecule has 0 radical (unpaired) electrons. The number of nitrogen functional groups attached to an aromatic ring is 1. The molecular formula is C17H16ClN9S2. The van der Waals surface area contributed by atoms with Gasteiger partial charge in [-0.1, -0.05) is 29.4 Å². The number of aryl methyl sites for hydroxylation is 2. The number of hydrogen-bond donors (Lipinski definition) is 2. The van der Waals surface area contributed by atoms with Crippen LogP contribution in [-0.2, 0) is 18.7 Å². The second-order valence-electron chi connectivity index (χ2n) is 5.87. The number of benzene rings is 1. The molecule has 1 aromatic carbocycles. The molecule has 0 saturated heterocycles. The van der Waals surface area contributed by atoms with Gasteiger partial charge in [-0.05, 0) is 46.1 Å². The van der Waals surface area contributed by atoms with Gasteiger partial charge in [0.25, 0.3) is 0 Å². The zero-order valence-electron chi connectivity index (χ0n) is 15.1. The SMILES string of the molecule is Nc1nc(CSc2nnnn2CCc2cccs2)nc(Nc2ccc(Cl)cc2)n1. The second-order valence-corrected chi connectivity index (χ2v) is 8.28. The number of nitrogens with one attached hydrogen (secondary N) is 1. The van der Waals surface area contributed by atoms with Crippen LogP contribution in [0.1, 0.15) is 10.7 Å². The van der Waals surface area contributed by atoms with Gasteiger partial charge in [0.05, 0.1) is 12.3 Å². The molecule has 3 N–H and O–H groups in total. The van der Waals surface area contributed by atoms with Gasteiger partial charge in [-0.3, -0.25) is 0 Å². The number of halogens is 1. The van der Waals surface area contributed by atoms with E-state index >= 15 is 0 Å². The maximum atomic E-state index is 5.91. The lowest BCUT2D eigenvalue weighted by atomic mass is 10.3. The van der Waals surface area contributed by atoms with Crippen LogP contribution in [0.25, 0.3) is 0 Å². The summed E-state index contributed by atoms with van der Waals surface area (Å²) in [6.45, 7) is 0.707. The summed E-state index contributed by atoms with van der Waals surface area (Å²) in [5, 5.41) is 18.4. The Bertz CT molecular complexity index is 1070. The van der Waals surface area contributed by atoms with Crippen LogP contribution >= 0.6 is 34.7 Å². The number of tetrazole rings is 1. The number of aromatic nitrogens is 7. The minimum absolute atomic E-state index is 0.143. The molecule has 0 aliphatic carbocycles. The Morgan fingerprint density at radius 1 is 1.14 bits per heavy atom. The molecule has 0 fully saturated rings. The third-order valence-corrected chi connectivity index (χ3v) is 5.92. The van der Waals surface area contributed by atoms with Crippen molar-refractivity contribution in [3.63, 3.8) is 0 Å². The van der Waals surface area contributed by atoms with Crippen LogP contribution in [0.5, 0.6) is 0 Å². The highest BCUT2D eigenvalue weighted by Gasteiger charge is 2.11. The number of nitrogens with two attached hydrogens (primary N) is 1. The summed E-state index contributed by atoms with van der Waals surface area (Å²) in [6.07, 6.45) is 0.879.